The second kappa shape index (κ2) is 27.5. The van der Waals surface area contributed by atoms with Crippen LogP contribution in [0, 0.1) is 0 Å². The fraction of sp³-hybridized carbons (Fsp3) is 0. The molecule has 4 aromatic heterocycles. The third-order valence-electron chi connectivity index (χ3n) is 12.0. The first kappa shape index (κ1) is 49.2. The van der Waals surface area contributed by atoms with Crippen molar-refractivity contribution in [1.29, 1.82) is 0 Å². The first-order valence-electron chi connectivity index (χ1n) is 27.8. The van der Waals surface area contributed by atoms with E-state index in [4.69, 9.17) is 36.9 Å². The van der Waals surface area contributed by atoms with Crippen LogP contribution in [0.25, 0.3) is 122 Å². The van der Waals surface area contributed by atoms with E-state index in [0.717, 1.165) is 62.9 Å². The van der Waals surface area contributed by atoms with Crippen LogP contribution >= 0.6 is 169 Å². The molecule has 0 saturated heterocycles. The van der Waals surface area contributed by atoms with Gasteiger partial charge in [-0.2, -0.15) is 0 Å². The predicted molar refractivity (Wildman–Crippen MR) is 406 cm³/mol. The van der Waals surface area contributed by atoms with E-state index < -0.39 is 60.4 Å². The van der Waals surface area contributed by atoms with E-state index in [2.05, 4.69) is 134 Å². The van der Waals surface area contributed by atoms with Crippen LogP contribution in [-0.4, -0.2) is 15.0 Å². The summed E-state index contributed by atoms with van der Waals surface area (Å²) >= 11 is 0. The zero-order valence-corrected chi connectivity index (χ0v) is 62.2. The number of nitrogens with zero attached hydrogens (tertiary/aromatic N) is 3. The highest BCUT2D eigenvalue weighted by Crippen LogP contribution is 3.31. The van der Waals surface area contributed by atoms with Gasteiger partial charge >= 0.3 is 0 Å². The molecular weight excluding hydrogens is 1350 g/mol. The number of hydrogen-bond acceptors (Lipinski definition) is 6. The van der Waals surface area contributed by atoms with Crippen molar-refractivity contribution in [3.05, 3.63) is 176 Å². The molecule has 0 aliphatic heterocycles. The minimum Gasteiger partial charge on any atom is -0.456 e. The molecule has 0 aliphatic carbocycles. The quantitative estimate of drug-likeness (QED) is 0.101. The van der Waals surface area contributed by atoms with Gasteiger partial charge in [0.05, 0.1) is 13.7 Å². The van der Waals surface area contributed by atoms with Gasteiger partial charge in [-0.05, 0) is 140 Å². The standard InChI is InChI=1S/C51H29N3O3.H23P21/c1-3-11-30(12-4-1)49-52-50(31-13-5-2-6-14-31)54-51(53-49)38-17-10-20-45-48(38)40-28-34(23-26-43(40)56-45)35-16-9-19-44-47(35)39-27-32(22-25-42(39)55-44)33-21-24-37-36-15-7-8-18-41(36)57-46(37)29-33;1-12-18(13(2)3)21(19(14(4)5)15(6)7)20(16(8)9)17(10)11/h1-29H;12H,1-11H2/i1D,2D,3D,4D,5D,6D,11D,12D,13D,14D;. The minimum atomic E-state index is -0.626. The summed E-state index contributed by atoms with van der Waals surface area (Å²) in [6.45, 7) is 0.800. The van der Waals surface area contributed by atoms with E-state index in [9.17, 15) is 0 Å². The number of furan rings is 3. The number of benzene rings is 8. The van der Waals surface area contributed by atoms with Gasteiger partial charge in [-0.1, -0.05) is 129 Å². The fourth-order valence-corrected chi connectivity index (χ4v) is 261. The van der Waals surface area contributed by atoms with Crippen LogP contribution in [0.2, 0.25) is 0 Å². The Balaban J connectivity index is 0.000000328. The highest BCUT2D eigenvalue weighted by molar-refractivity contribution is 9.37. The summed E-state index contributed by atoms with van der Waals surface area (Å²) in [5.74, 6) is -0.775. The van der Waals surface area contributed by atoms with Crippen LogP contribution in [-0.2, 0) is 0 Å². The van der Waals surface area contributed by atoms with Crippen LogP contribution in [0.1, 0.15) is 13.7 Å². The fourth-order valence-electron chi connectivity index (χ4n) is 8.82. The molecule has 4 heterocycles. The van der Waals surface area contributed by atoms with Gasteiger partial charge < -0.3 is 13.3 Å². The molecule has 12 rings (SSSR count). The molecule has 394 valence electrons. The van der Waals surface area contributed by atoms with Gasteiger partial charge in [-0.25, -0.2) is 15.0 Å². The average Bonchev–Trinajstić information content (AvgIpc) is 1.88. The highest BCUT2D eigenvalue weighted by Gasteiger charge is 2.43. The third kappa shape index (κ3) is 13.1. The maximum absolute atomic E-state index is 8.77. The van der Waals surface area contributed by atoms with E-state index >= 15 is 0 Å². The van der Waals surface area contributed by atoms with Crippen LogP contribution in [0.5, 0.6) is 0 Å². The molecule has 8 aromatic carbocycles. The molecule has 0 aliphatic rings. The maximum Gasteiger partial charge on any atom is 0.164 e. The van der Waals surface area contributed by atoms with Crippen molar-refractivity contribution in [2.75, 3.05) is 0 Å². The Morgan fingerprint density at radius 1 is 0.359 bits per heavy atom. The maximum atomic E-state index is 8.77. The summed E-state index contributed by atoms with van der Waals surface area (Å²) < 4.78 is 104. The lowest BCUT2D eigenvalue weighted by Gasteiger charge is -2.46. The Kier molecular flexibility index (Phi) is 17.3. The molecule has 0 N–H and O–H groups in total. The van der Waals surface area contributed by atoms with E-state index in [0.29, 0.717) is 38.7 Å². The summed E-state index contributed by atoms with van der Waals surface area (Å²) in [5, 5.41) is 5.15. The second-order valence-corrected chi connectivity index (χ2v) is 97.9. The topological polar surface area (TPSA) is 78.1 Å². The number of aromatic nitrogens is 3. The molecular formula is C51H52N3O3P21. The van der Waals surface area contributed by atoms with Gasteiger partial charge in [0.25, 0.3) is 0 Å². The number of hydrogen-bond donors (Lipinski definition) is 0. The third-order valence-corrected chi connectivity index (χ3v) is 144. The number of fused-ring (bicyclic) bond motifs is 9. The molecule has 12 aromatic rings. The van der Waals surface area contributed by atoms with E-state index in [1.165, 1.54) is 0 Å². The van der Waals surface area contributed by atoms with Crippen molar-refractivity contribution in [2.24, 2.45) is 0 Å². The molecule has 27 heteroatoms. The SMILES string of the molecule is PPP(P(P)P)P(P(P(P)P)P(P)P)P(P(P)P)P(P)P.[2H]c1c([2H])c([2H])c(-c2nc(-c3c([2H])c([2H])c([2H])c([2H])c3[2H])nc(-c3cccc4oc5ccc(-c6cccc7oc8ccc(-c9ccc%10c(c9)oc9ccccc9%10)cc8c67)cc5c34)n2)c([2H])c1[2H]. The van der Waals surface area contributed by atoms with Gasteiger partial charge in [-0.15, -0.1) is 98.2 Å². The Morgan fingerprint density at radius 2 is 0.795 bits per heavy atom. The Bertz CT molecular complexity index is 4560. The van der Waals surface area contributed by atoms with Gasteiger partial charge in [0.2, 0.25) is 0 Å². The van der Waals surface area contributed by atoms with E-state index in [-0.39, 0.29) is 91.5 Å². The summed E-state index contributed by atoms with van der Waals surface area (Å²) in [5.41, 5.74) is 7.40. The summed E-state index contributed by atoms with van der Waals surface area (Å²) in [4.78, 5) is 13.8. The summed E-state index contributed by atoms with van der Waals surface area (Å²) in [6.07, 6.45) is 0. The number of para-hydroxylation sites is 1. The molecule has 6 nitrogen and oxygen atoms in total. The van der Waals surface area contributed by atoms with Gasteiger partial charge in [0.15, 0.2) is 17.5 Å². The molecule has 78 heavy (non-hydrogen) atoms. The van der Waals surface area contributed by atoms with Gasteiger partial charge in [-0.3, -0.25) is 0 Å². The molecule has 0 bridgehead atoms. The molecule has 0 fully saturated rings. The monoisotopic (exact) mass is 1410 g/mol. The molecule has 0 saturated carbocycles. The van der Waals surface area contributed by atoms with Crippen molar-refractivity contribution in [3.8, 4) is 56.4 Å². The first-order valence-corrected chi connectivity index (χ1v) is 60.3. The average molecular weight is 1420 g/mol. The minimum absolute atomic E-state index is 0.0296. The van der Waals surface area contributed by atoms with Crippen LogP contribution in [0.15, 0.2) is 189 Å². The zero-order chi connectivity index (χ0) is 63.1. The summed E-state index contributed by atoms with van der Waals surface area (Å²) in [6, 6.07) is 31.2. The van der Waals surface area contributed by atoms with Gasteiger partial charge in [0, 0.05) is 49.0 Å². The van der Waals surface area contributed by atoms with Crippen LogP contribution < -0.4 is 0 Å². The van der Waals surface area contributed by atoms with Gasteiger partial charge in [0.1, 0.15) is 33.5 Å². The Hall–Kier alpha value is 1.20. The van der Waals surface area contributed by atoms with Crippen molar-refractivity contribution in [1.82, 2.24) is 15.0 Å². The highest BCUT2D eigenvalue weighted by atomic mass is 33.4. The normalized spacial score (nSPS) is 14.7. The predicted octanol–water partition coefficient (Wildman–Crippen LogP) is 25.8. The lowest BCUT2D eigenvalue weighted by molar-refractivity contribution is 0.668. The summed E-state index contributed by atoms with van der Waals surface area (Å²) in [7, 11) is 35.9. The van der Waals surface area contributed by atoms with Crippen molar-refractivity contribution >= 4 is 235 Å². The second-order valence-electron chi connectivity index (χ2n) is 16.7. The smallest absolute Gasteiger partial charge is 0.164 e. The van der Waals surface area contributed by atoms with E-state index in [1.807, 2.05) is 66.7 Å². The van der Waals surface area contributed by atoms with Crippen LogP contribution in [0.3, 0.4) is 0 Å². The largest absolute Gasteiger partial charge is 0.456 e. The lowest BCUT2D eigenvalue weighted by Crippen LogP contribution is -2.00. The molecule has 0 radical (unpaired) electrons. The van der Waals surface area contributed by atoms with Crippen molar-refractivity contribution in [2.45, 2.75) is 0 Å². The zero-order valence-electron chi connectivity index (χ0n) is 50.4. The van der Waals surface area contributed by atoms with Crippen molar-refractivity contribution < 1.29 is 27.0 Å². The molecule has 13 unspecified atom stereocenters. The Morgan fingerprint density at radius 3 is 1.35 bits per heavy atom. The van der Waals surface area contributed by atoms with Crippen LogP contribution in [0.4, 0.5) is 0 Å². The Labute approximate surface area is 505 Å². The molecule has 0 amide bonds. The van der Waals surface area contributed by atoms with E-state index in [1.54, 1.807) is 18.2 Å². The molecule has 0 spiro atoms. The number of rotatable bonds is 14. The van der Waals surface area contributed by atoms with Crippen molar-refractivity contribution in [3.63, 3.8) is 0 Å². The lowest BCUT2D eigenvalue weighted by atomic mass is 9.95. The molecule has 13 atom stereocenters. The first-order chi connectivity index (χ1) is 41.9.